The van der Waals surface area contributed by atoms with Gasteiger partial charge in [-0.15, -0.1) is 0 Å². The van der Waals surface area contributed by atoms with E-state index in [1.54, 1.807) is 26.1 Å². The zero-order valence-electron chi connectivity index (χ0n) is 9.54. The molecule has 88 valence electrons. The van der Waals surface area contributed by atoms with Crippen molar-refractivity contribution in [3.63, 3.8) is 0 Å². The van der Waals surface area contributed by atoms with Crippen LogP contribution >= 0.6 is 0 Å². The lowest BCUT2D eigenvalue weighted by molar-refractivity contribution is 0.0965. The Morgan fingerprint density at radius 2 is 2.00 bits per heavy atom. The molecule has 0 aliphatic carbocycles. The molecule has 0 saturated heterocycles. The Bertz CT molecular complexity index is 531. The molecule has 1 amide bonds. The van der Waals surface area contributed by atoms with Gasteiger partial charge in [-0.3, -0.25) is 4.79 Å². The highest BCUT2D eigenvalue weighted by Crippen LogP contribution is 2.19. The Hall–Kier alpha value is -2.30. The second-order valence-electron chi connectivity index (χ2n) is 3.65. The zero-order valence-corrected chi connectivity index (χ0v) is 9.54. The average Bonchev–Trinajstić information content (AvgIpc) is 2.74. The van der Waals surface area contributed by atoms with Crippen molar-refractivity contribution in [3.05, 3.63) is 42.1 Å². The first-order valence-electron chi connectivity index (χ1n) is 5.07. The predicted molar refractivity (Wildman–Crippen MR) is 62.1 cm³/mol. The molecule has 5 heteroatoms. The largest absolute Gasteiger partial charge is 0.508 e. The van der Waals surface area contributed by atoms with Crippen LogP contribution in [0.3, 0.4) is 0 Å². The first-order chi connectivity index (χ1) is 8.09. The number of anilines is 1. The third kappa shape index (κ3) is 2.13. The molecule has 5 nitrogen and oxygen atoms in total. The second kappa shape index (κ2) is 4.29. The summed E-state index contributed by atoms with van der Waals surface area (Å²) in [6.45, 7) is 1.71. The van der Waals surface area contributed by atoms with Gasteiger partial charge in [-0.05, 0) is 31.2 Å². The van der Waals surface area contributed by atoms with Gasteiger partial charge in [0.2, 0.25) is 5.76 Å². The van der Waals surface area contributed by atoms with Gasteiger partial charge in [0.15, 0.2) is 6.39 Å². The van der Waals surface area contributed by atoms with Gasteiger partial charge in [0.25, 0.3) is 5.91 Å². The van der Waals surface area contributed by atoms with Crippen molar-refractivity contribution in [2.45, 2.75) is 6.92 Å². The number of aromatic hydroxyl groups is 1. The SMILES string of the molecule is Cc1ncoc1C(=O)N(C)c1ccc(O)cc1. The van der Waals surface area contributed by atoms with Crippen LogP contribution in [-0.2, 0) is 0 Å². The maximum absolute atomic E-state index is 12.0. The molecule has 1 aromatic carbocycles. The summed E-state index contributed by atoms with van der Waals surface area (Å²) >= 11 is 0. The third-order valence-electron chi connectivity index (χ3n) is 2.48. The molecule has 1 heterocycles. The molecule has 2 rings (SSSR count). The van der Waals surface area contributed by atoms with E-state index in [-0.39, 0.29) is 17.4 Å². The van der Waals surface area contributed by atoms with Crippen LogP contribution < -0.4 is 4.90 Å². The van der Waals surface area contributed by atoms with E-state index in [1.807, 2.05) is 0 Å². The standard InChI is InChI=1S/C12H12N2O3/c1-8-11(17-7-13-8)12(16)14(2)9-3-5-10(15)6-4-9/h3-7,15H,1-2H3. The first-order valence-corrected chi connectivity index (χ1v) is 5.07. The maximum atomic E-state index is 12.0. The van der Waals surface area contributed by atoms with Crippen molar-refractivity contribution in [3.8, 4) is 5.75 Å². The summed E-state index contributed by atoms with van der Waals surface area (Å²) in [6, 6.07) is 6.34. The molecule has 0 aliphatic rings. The monoisotopic (exact) mass is 232 g/mol. The molecule has 17 heavy (non-hydrogen) atoms. The summed E-state index contributed by atoms with van der Waals surface area (Å²) in [6.07, 6.45) is 1.24. The molecule has 2 aromatic rings. The number of carbonyl (C=O) groups excluding carboxylic acids is 1. The Balaban J connectivity index is 2.26. The Morgan fingerprint density at radius 1 is 1.35 bits per heavy atom. The number of amides is 1. The van der Waals surface area contributed by atoms with E-state index in [1.165, 1.54) is 23.4 Å². The van der Waals surface area contributed by atoms with E-state index in [0.29, 0.717) is 11.4 Å². The van der Waals surface area contributed by atoms with Crippen LogP contribution in [0.25, 0.3) is 0 Å². The van der Waals surface area contributed by atoms with Gasteiger partial charge in [-0.1, -0.05) is 0 Å². The summed E-state index contributed by atoms with van der Waals surface area (Å²) in [4.78, 5) is 17.4. The predicted octanol–water partition coefficient (Wildman–Crippen LogP) is 1.97. The minimum absolute atomic E-state index is 0.158. The summed E-state index contributed by atoms with van der Waals surface area (Å²) in [5, 5.41) is 9.17. The van der Waals surface area contributed by atoms with E-state index in [2.05, 4.69) is 4.98 Å². The quantitative estimate of drug-likeness (QED) is 0.859. The minimum atomic E-state index is -0.273. The lowest BCUT2D eigenvalue weighted by atomic mass is 10.2. The van der Waals surface area contributed by atoms with Crippen molar-refractivity contribution >= 4 is 11.6 Å². The summed E-state index contributed by atoms with van der Waals surface area (Å²) in [5.74, 6) is 0.108. The van der Waals surface area contributed by atoms with Crippen LogP contribution in [0, 0.1) is 6.92 Å². The molecule has 0 unspecified atom stereocenters. The lowest BCUT2D eigenvalue weighted by Gasteiger charge is -2.15. The van der Waals surface area contributed by atoms with E-state index < -0.39 is 0 Å². The molecule has 0 bridgehead atoms. The number of nitrogens with zero attached hydrogens (tertiary/aromatic N) is 2. The summed E-state index contributed by atoms with van der Waals surface area (Å²) in [7, 11) is 1.64. The Kier molecular flexibility index (Phi) is 2.82. The van der Waals surface area contributed by atoms with Crippen LogP contribution in [0.15, 0.2) is 35.1 Å². The number of hydrogen-bond donors (Lipinski definition) is 1. The number of oxazole rings is 1. The molecule has 0 saturated carbocycles. The molecular weight excluding hydrogens is 220 g/mol. The number of phenols is 1. The van der Waals surface area contributed by atoms with Crippen LogP contribution in [0.4, 0.5) is 5.69 Å². The van der Waals surface area contributed by atoms with Crippen molar-refractivity contribution < 1.29 is 14.3 Å². The van der Waals surface area contributed by atoms with Crippen molar-refractivity contribution in [2.24, 2.45) is 0 Å². The van der Waals surface area contributed by atoms with Crippen LogP contribution in [-0.4, -0.2) is 23.0 Å². The van der Waals surface area contributed by atoms with Gasteiger partial charge < -0.3 is 14.4 Å². The maximum Gasteiger partial charge on any atom is 0.295 e. The topological polar surface area (TPSA) is 66.6 Å². The zero-order chi connectivity index (χ0) is 12.4. The number of hydrogen-bond acceptors (Lipinski definition) is 4. The lowest BCUT2D eigenvalue weighted by Crippen LogP contribution is -2.26. The molecule has 0 aliphatic heterocycles. The van der Waals surface area contributed by atoms with Crippen molar-refractivity contribution in [1.82, 2.24) is 4.98 Å². The minimum Gasteiger partial charge on any atom is -0.508 e. The number of rotatable bonds is 2. The number of aryl methyl sites for hydroxylation is 1. The fourth-order valence-electron chi connectivity index (χ4n) is 1.45. The molecule has 1 N–H and O–H groups in total. The highest BCUT2D eigenvalue weighted by molar-refractivity contribution is 6.04. The summed E-state index contributed by atoms with van der Waals surface area (Å²) in [5.41, 5.74) is 1.23. The highest BCUT2D eigenvalue weighted by Gasteiger charge is 2.19. The van der Waals surface area contributed by atoms with Crippen molar-refractivity contribution in [2.75, 3.05) is 11.9 Å². The fraction of sp³-hybridized carbons (Fsp3) is 0.167. The number of phenolic OH excluding ortho intramolecular Hbond substituents is 1. The second-order valence-corrected chi connectivity index (χ2v) is 3.65. The van der Waals surface area contributed by atoms with Gasteiger partial charge in [0.05, 0.1) is 5.69 Å². The molecule has 0 radical (unpaired) electrons. The number of carbonyl (C=O) groups is 1. The van der Waals surface area contributed by atoms with Gasteiger partial charge >= 0.3 is 0 Å². The molecule has 0 fully saturated rings. The smallest absolute Gasteiger partial charge is 0.295 e. The number of aromatic nitrogens is 1. The van der Waals surface area contributed by atoms with Crippen LogP contribution in [0.1, 0.15) is 16.2 Å². The third-order valence-corrected chi connectivity index (χ3v) is 2.48. The van der Waals surface area contributed by atoms with Gasteiger partial charge in [-0.25, -0.2) is 4.98 Å². The average molecular weight is 232 g/mol. The molecule has 0 spiro atoms. The highest BCUT2D eigenvalue weighted by atomic mass is 16.3. The van der Waals surface area contributed by atoms with Gasteiger partial charge in [0.1, 0.15) is 5.75 Å². The fourth-order valence-corrected chi connectivity index (χ4v) is 1.45. The molecule has 1 aromatic heterocycles. The van der Waals surface area contributed by atoms with Gasteiger partial charge in [-0.2, -0.15) is 0 Å². The van der Waals surface area contributed by atoms with E-state index in [9.17, 15) is 9.90 Å². The van der Waals surface area contributed by atoms with E-state index >= 15 is 0 Å². The first kappa shape index (κ1) is 11.2. The van der Waals surface area contributed by atoms with Gasteiger partial charge in [0, 0.05) is 12.7 Å². The molecular formula is C12H12N2O3. The van der Waals surface area contributed by atoms with Crippen molar-refractivity contribution in [1.29, 1.82) is 0 Å². The number of benzene rings is 1. The normalized spacial score (nSPS) is 10.2. The van der Waals surface area contributed by atoms with E-state index in [4.69, 9.17) is 4.42 Å². The Labute approximate surface area is 98.3 Å². The van der Waals surface area contributed by atoms with Crippen LogP contribution in [0.5, 0.6) is 5.75 Å². The van der Waals surface area contributed by atoms with E-state index in [0.717, 1.165) is 0 Å². The molecule has 0 atom stereocenters. The summed E-state index contributed by atoms with van der Waals surface area (Å²) < 4.78 is 5.04. The Morgan fingerprint density at radius 3 is 2.53 bits per heavy atom. The van der Waals surface area contributed by atoms with Crippen LogP contribution in [0.2, 0.25) is 0 Å².